The highest BCUT2D eigenvalue weighted by Gasteiger charge is 2.08. The summed E-state index contributed by atoms with van der Waals surface area (Å²) in [6.45, 7) is 5.87. The number of hydrogen-bond acceptors (Lipinski definition) is 4. The second-order valence-corrected chi connectivity index (χ2v) is 6.65. The first kappa shape index (κ1) is 22.9. The van der Waals surface area contributed by atoms with E-state index in [1.54, 1.807) is 7.05 Å². The molecule has 2 heterocycles. The number of halogens is 1. The summed E-state index contributed by atoms with van der Waals surface area (Å²) in [6.07, 6.45) is 6.00. The lowest BCUT2D eigenvalue weighted by Gasteiger charge is -2.12. The predicted molar refractivity (Wildman–Crippen MR) is 125 cm³/mol. The predicted octanol–water partition coefficient (Wildman–Crippen LogP) is 3.60. The van der Waals surface area contributed by atoms with E-state index >= 15 is 0 Å². The number of rotatable bonds is 8. The van der Waals surface area contributed by atoms with Gasteiger partial charge in [0.15, 0.2) is 5.96 Å². The molecule has 7 nitrogen and oxygen atoms in total. The highest BCUT2D eigenvalue weighted by atomic mass is 127. The summed E-state index contributed by atoms with van der Waals surface area (Å²) in [7, 11) is 1.74. The van der Waals surface area contributed by atoms with Gasteiger partial charge in [0.05, 0.1) is 18.8 Å². The zero-order valence-electron chi connectivity index (χ0n) is 17.2. The summed E-state index contributed by atoms with van der Waals surface area (Å²) in [5, 5.41) is 6.52. The minimum absolute atomic E-state index is 0. The molecule has 0 saturated heterocycles. The van der Waals surface area contributed by atoms with Gasteiger partial charge in [0.2, 0.25) is 5.89 Å². The number of aryl methyl sites for hydroxylation is 4. The van der Waals surface area contributed by atoms with Crippen LogP contribution in [0.2, 0.25) is 0 Å². The van der Waals surface area contributed by atoms with Gasteiger partial charge in [-0.3, -0.25) is 4.99 Å². The van der Waals surface area contributed by atoms with Crippen molar-refractivity contribution in [3.8, 4) is 0 Å². The number of imidazole rings is 1. The molecule has 0 fully saturated rings. The van der Waals surface area contributed by atoms with Crippen LogP contribution in [0.3, 0.4) is 0 Å². The Labute approximate surface area is 189 Å². The smallest absolute Gasteiger partial charge is 0.214 e. The Hall–Kier alpha value is -2.36. The van der Waals surface area contributed by atoms with Gasteiger partial charge in [-0.2, -0.15) is 0 Å². The fourth-order valence-corrected chi connectivity index (χ4v) is 2.97. The Kier molecular flexibility index (Phi) is 9.17. The quantitative estimate of drug-likeness (QED) is 0.276. The van der Waals surface area contributed by atoms with E-state index in [0.29, 0.717) is 24.9 Å². The number of hydrogen-bond donors (Lipinski definition) is 2. The molecule has 0 radical (unpaired) electrons. The van der Waals surface area contributed by atoms with Crippen molar-refractivity contribution in [2.24, 2.45) is 4.99 Å². The SMILES string of the molecule is CN=C(NCc1nc(C)c(C)o1)NCc1nccn1CCCc1ccccc1.I. The van der Waals surface area contributed by atoms with E-state index in [4.69, 9.17) is 4.42 Å². The topological polar surface area (TPSA) is 80.3 Å². The lowest BCUT2D eigenvalue weighted by molar-refractivity contribution is 0.463. The van der Waals surface area contributed by atoms with Crippen LogP contribution >= 0.6 is 24.0 Å². The monoisotopic (exact) mass is 508 g/mol. The van der Waals surface area contributed by atoms with Gasteiger partial charge < -0.3 is 19.6 Å². The van der Waals surface area contributed by atoms with E-state index in [2.05, 4.69) is 54.4 Å². The number of guanidine groups is 1. The maximum Gasteiger partial charge on any atom is 0.214 e. The van der Waals surface area contributed by atoms with Crippen molar-refractivity contribution in [3.63, 3.8) is 0 Å². The van der Waals surface area contributed by atoms with Gasteiger partial charge in [0, 0.05) is 26.0 Å². The average molecular weight is 508 g/mol. The van der Waals surface area contributed by atoms with Crippen LogP contribution in [-0.2, 0) is 26.1 Å². The maximum atomic E-state index is 5.59. The third-order valence-electron chi connectivity index (χ3n) is 4.63. The van der Waals surface area contributed by atoms with Gasteiger partial charge in [-0.05, 0) is 32.3 Å². The molecule has 8 heteroatoms. The van der Waals surface area contributed by atoms with Gasteiger partial charge in [0.25, 0.3) is 0 Å². The van der Waals surface area contributed by atoms with Crippen LogP contribution in [0.5, 0.6) is 0 Å². The standard InChI is InChI=1S/C21H28N6O.HI/c1-16-17(2)28-20(26-16)15-25-21(22-3)24-14-19-23-11-13-27(19)12-7-10-18-8-5-4-6-9-18;/h4-6,8-9,11,13H,7,10,12,14-15H2,1-3H3,(H2,22,24,25);1H. The summed E-state index contributed by atoms with van der Waals surface area (Å²) in [6, 6.07) is 10.6. The number of nitrogens with zero attached hydrogens (tertiary/aromatic N) is 4. The van der Waals surface area contributed by atoms with Crippen molar-refractivity contribution in [1.29, 1.82) is 0 Å². The molecule has 0 unspecified atom stereocenters. The van der Waals surface area contributed by atoms with Crippen molar-refractivity contribution in [1.82, 2.24) is 25.2 Å². The molecular formula is C21H29IN6O. The first-order valence-corrected chi connectivity index (χ1v) is 9.57. The molecule has 0 atom stereocenters. The number of oxazole rings is 1. The molecular weight excluding hydrogens is 479 g/mol. The summed E-state index contributed by atoms with van der Waals surface area (Å²) in [5.41, 5.74) is 2.28. The molecule has 0 bridgehead atoms. The molecule has 2 aromatic heterocycles. The molecule has 0 aliphatic carbocycles. The van der Waals surface area contributed by atoms with E-state index in [9.17, 15) is 0 Å². The zero-order chi connectivity index (χ0) is 19.8. The molecule has 1 aromatic carbocycles. The molecule has 2 N–H and O–H groups in total. The zero-order valence-corrected chi connectivity index (χ0v) is 19.5. The lowest BCUT2D eigenvalue weighted by atomic mass is 10.1. The summed E-state index contributed by atoms with van der Waals surface area (Å²) in [5.74, 6) is 3.17. The van der Waals surface area contributed by atoms with E-state index < -0.39 is 0 Å². The second-order valence-electron chi connectivity index (χ2n) is 6.65. The molecule has 0 spiro atoms. The van der Waals surface area contributed by atoms with Crippen molar-refractivity contribution >= 4 is 29.9 Å². The molecule has 0 aliphatic heterocycles. The van der Waals surface area contributed by atoms with E-state index in [1.807, 2.05) is 32.3 Å². The maximum absolute atomic E-state index is 5.59. The van der Waals surface area contributed by atoms with Crippen molar-refractivity contribution in [2.45, 2.75) is 46.3 Å². The summed E-state index contributed by atoms with van der Waals surface area (Å²) < 4.78 is 7.77. The van der Waals surface area contributed by atoms with Crippen molar-refractivity contribution < 1.29 is 4.42 Å². The number of aromatic nitrogens is 3. The molecule has 0 saturated carbocycles. The Balaban J connectivity index is 0.00000300. The fourth-order valence-electron chi connectivity index (χ4n) is 2.97. The Morgan fingerprint density at radius 3 is 2.59 bits per heavy atom. The fraction of sp³-hybridized carbons (Fsp3) is 0.381. The van der Waals surface area contributed by atoms with E-state index in [-0.39, 0.29) is 24.0 Å². The van der Waals surface area contributed by atoms with E-state index in [1.165, 1.54) is 5.56 Å². The molecule has 29 heavy (non-hydrogen) atoms. The van der Waals surface area contributed by atoms with Crippen molar-refractivity contribution in [2.75, 3.05) is 7.05 Å². The minimum Gasteiger partial charge on any atom is -0.444 e. The normalized spacial score (nSPS) is 11.2. The molecule has 3 rings (SSSR count). The van der Waals surface area contributed by atoms with E-state index in [0.717, 1.165) is 36.7 Å². The Morgan fingerprint density at radius 1 is 1.14 bits per heavy atom. The van der Waals surface area contributed by atoms with Crippen LogP contribution in [0.4, 0.5) is 0 Å². The highest BCUT2D eigenvalue weighted by Crippen LogP contribution is 2.08. The molecule has 0 aliphatic rings. The van der Waals surface area contributed by atoms with Gasteiger partial charge in [-0.15, -0.1) is 24.0 Å². The van der Waals surface area contributed by atoms with Crippen molar-refractivity contribution in [3.05, 3.63) is 71.5 Å². The summed E-state index contributed by atoms with van der Waals surface area (Å²) in [4.78, 5) is 13.1. The largest absolute Gasteiger partial charge is 0.444 e. The van der Waals surface area contributed by atoms with Crippen LogP contribution in [0, 0.1) is 13.8 Å². The van der Waals surface area contributed by atoms with Gasteiger partial charge >= 0.3 is 0 Å². The van der Waals surface area contributed by atoms with Crippen LogP contribution in [0.1, 0.15) is 35.2 Å². The first-order chi connectivity index (χ1) is 13.7. The first-order valence-electron chi connectivity index (χ1n) is 9.57. The molecule has 0 amide bonds. The van der Waals surface area contributed by atoms with Crippen LogP contribution < -0.4 is 10.6 Å². The molecule has 156 valence electrons. The minimum atomic E-state index is 0. The lowest BCUT2D eigenvalue weighted by Crippen LogP contribution is -2.37. The summed E-state index contributed by atoms with van der Waals surface area (Å²) >= 11 is 0. The Morgan fingerprint density at radius 2 is 1.90 bits per heavy atom. The number of nitrogens with one attached hydrogen (secondary N) is 2. The van der Waals surface area contributed by atoms with Crippen LogP contribution in [0.25, 0.3) is 0 Å². The number of benzene rings is 1. The van der Waals surface area contributed by atoms with Crippen LogP contribution in [-0.4, -0.2) is 27.5 Å². The second kappa shape index (κ2) is 11.6. The van der Waals surface area contributed by atoms with Gasteiger partial charge in [-0.25, -0.2) is 9.97 Å². The Bertz CT molecular complexity index is 884. The van der Waals surface area contributed by atoms with Gasteiger partial charge in [-0.1, -0.05) is 30.3 Å². The highest BCUT2D eigenvalue weighted by molar-refractivity contribution is 14.0. The molecule has 3 aromatic rings. The van der Waals surface area contributed by atoms with Crippen LogP contribution in [0.15, 0.2) is 52.1 Å². The third kappa shape index (κ3) is 6.88. The third-order valence-corrected chi connectivity index (χ3v) is 4.63. The number of aliphatic imine (C=N–C) groups is 1. The van der Waals surface area contributed by atoms with Gasteiger partial charge in [0.1, 0.15) is 11.6 Å². The average Bonchev–Trinajstić information content (AvgIpc) is 3.29.